The molecule has 1 fully saturated rings. The Morgan fingerprint density at radius 2 is 2.05 bits per heavy atom. The summed E-state index contributed by atoms with van der Waals surface area (Å²) in [5.74, 6) is 0.0879. The molecule has 0 aromatic heterocycles. The van der Waals surface area contributed by atoms with E-state index in [4.69, 9.17) is 4.74 Å². The molecule has 2 atom stereocenters. The van der Waals surface area contributed by atoms with E-state index in [1.807, 2.05) is 18.7 Å². The number of carbonyl (C=O) groups excluding carboxylic acids is 1. The highest BCUT2D eigenvalue weighted by atomic mass is 16.6. The van der Waals surface area contributed by atoms with Crippen molar-refractivity contribution < 1.29 is 14.5 Å². The van der Waals surface area contributed by atoms with Crippen LogP contribution in [0.3, 0.4) is 0 Å². The van der Waals surface area contributed by atoms with E-state index in [1.54, 1.807) is 19.2 Å². The average molecular weight is 306 g/mol. The minimum Gasteiger partial charge on any atom is -0.385 e. The molecule has 1 aromatic rings. The molecule has 6 nitrogen and oxygen atoms in total. The molecule has 1 saturated heterocycles. The van der Waals surface area contributed by atoms with Crippen LogP contribution in [0, 0.1) is 10.1 Å². The van der Waals surface area contributed by atoms with Crippen molar-refractivity contribution in [2.45, 2.75) is 38.1 Å². The van der Waals surface area contributed by atoms with Crippen LogP contribution < -0.4 is 0 Å². The maximum absolute atomic E-state index is 12.8. The van der Waals surface area contributed by atoms with E-state index in [0.717, 1.165) is 18.4 Å². The zero-order chi connectivity index (χ0) is 16.3. The number of amides is 1. The molecule has 22 heavy (non-hydrogen) atoms. The van der Waals surface area contributed by atoms with Gasteiger partial charge in [-0.15, -0.1) is 0 Å². The fourth-order valence-electron chi connectivity index (χ4n) is 2.95. The number of hydrogen-bond acceptors (Lipinski definition) is 4. The summed E-state index contributed by atoms with van der Waals surface area (Å²) in [6, 6.07) is 6.45. The molecule has 2 unspecified atom stereocenters. The molecule has 0 spiro atoms. The predicted molar refractivity (Wildman–Crippen MR) is 82.7 cm³/mol. The van der Waals surface area contributed by atoms with Crippen LogP contribution in [0.25, 0.3) is 0 Å². The fraction of sp³-hybridized carbons (Fsp3) is 0.562. The summed E-state index contributed by atoms with van der Waals surface area (Å²) in [5, 5.41) is 10.7. The molecule has 0 radical (unpaired) electrons. The van der Waals surface area contributed by atoms with Crippen molar-refractivity contribution in [1.29, 1.82) is 0 Å². The molecule has 0 saturated carbocycles. The highest BCUT2D eigenvalue weighted by Crippen LogP contribution is 2.37. The molecule has 0 bridgehead atoms. The van der Waals surface area contributed by atoms with Crippen molar-refractivity contribution in [2.75, 3.05) is 20.3 Å². The van der Waals surface area contributed by atoms with Crippen LogP contribution in [0.15, 0.2) is 24.3 Å². The number of non-ortho nitro benzene ring substituents is 1. The topological polar surface area (TPSA) is 72.7 Å². The summed E-state index contributed by atoms with van der Waals surface area (Å²) in [5.41, 5.74) is 0.281. The van der Waals surface area contributed by atoms with Gasteiger partial charge in [-0.25, -0.2) is 0 Å². The zero-order valence-corrected chi connectivity index (χ0v) is 13.2. The van der Waals surface area contributed by atoms with Gasteiger partial charge in [0.05, 0.1) is 10.3 Å². The quantitative estimate of drug-likeness (QED) is 0.598. The van der Waals surface area contributed by atoms with Crippen molar-refractivity contribution in [1.82, 2.24) is 4.90 Å². The molecule has 1 aromatic carbocycles. The van der Waals surface area contributed by atoms with E-state index in [-0.39, 0.29) is 17.6 Å². The highest BCUT2D eigenvalue weighted by Gasteiger charge is 2.45. The first-order valence-electron chi connectivity index (χ1n) is 7.45. The first-order chi connectivity index (χ1) is 10.4. The third-order valence-electron chi connectivity index (χ3n) is 4.57. The number of nitro groups is 1. The third kappa shape index (κ3) is 2.97. The number of benzene rings is 1. The molecule has 1 heterocycles. The van der Waals surface area contributed by atoms with Crippen molar-refractivity contribution >= 4 is 11.6 Å². The van der Waals surface area contributed by atoms with Gasteiger partial charge in [-0.1, -0.05) is 12.1 Å². The molecule has 6 heteroatoms. The van der Waals surface area contributed by atoms with Gasteiger partial charge < -0.3 is 9.64 Å². The van der Waals surface area contributed by atoms with Crippen LogP contribution in [0.2, 0.25) is 0 Å². The average Bonchev–Trinajstić information content (AvgIpc) is 2.82. The Balaban J connectivity index is 2.17. The maximum Gasteiger partial charge on any atom is 0.269 e. The Kier molecular flexibility index (Phi) is 4.81. The van der Waals surface area contributed by atoms with Gasteiger partial charge in [-0.2, -0.15) is 0 Å². The Morgan fingerprint density at radius 3 is 2.59 bits per heavy atom. The lowest BCUT2D eigenvalue weighted by atomic mass is 9.81. The second-order valence-corrected chi connectivity index (χ2v) is 6.02. The summed E-state index contributed by atoms with van der Waals surface area (Å²) in [7, 11) is 1.65. The van der Waals surface area contributed by atoms with Crippen molar-refractivity contribution in [2.24, 2.45) is 0 Å². The predicted octanol–water partition coefficient (Wildman–Crippen LogP) is 2.51. The second kappa shape index (κ2) is 6.44. The molecule has 120 valence electrons. The Labute approximate surface area is 130 Å². The number of nitro benzene ring substituents is 1. The molecular weight excluding hydrogens is 284 g/mol. The van der Waals surface area contributed by atoms with E-state index in [0.29, 0.717) is 13.2 Å². The van der Waals surface area contributed by atoms with Crippen LogP contribution in [-0.4, -0.2) is 42.0 Å². The summed E-state index contributed by atoms with van der Waals surface area (Å²) in [4.78, 5) is 25.0. The molecular formula is C16H22N2O4. The van der Waals surface area contributed by atoms with E-state index >= 15 is 0 Å². The first-order valence-corrected chi connectivity index (χ1v) is 7.45. The van der Waals surface area contributed by atoms with Crippen LogP contribution in [0.5, 0.6) is 0 Å². The van der Waals surface area contributed by atoms with E-state index in [9.17, 15) is 14.9 Å². The largest absolute Gasteiger partial charge is 0.385 e. The van der Waals surface area contributed by atoms with Crippen molar-refractivity contribution in [3.8, 4) is 0 Å². The smallest absolute Gasteiger partial charge is 0.269 e. The van der Waals surface area contributed by atoms with Gasteiger partial charge in [0.2, 0.25) is 5.91 Å². The number of rotatable bonds is 6. The van der Waals surface area contributed by atoms with Gasteiger partial charge in [0, 0.05) is 38.4 Å². The zero-order valence-electron chi connectivity index (χ0n) is 13.2. The monoisotopic (exact) mass is 306 g/mol. The summed E-state index contributed by atoms with van der Waals surface area (Å²) < 4.78 is 5.08. The number of likely N-dealkylation sites (tertiary alicyclic amines) is 1. The molecule has 2 rings (SSSR count). The van der Waals surface area contributed by atoms with Gasteiger partial charge in [-0.05, 0) is 32.3 Å². The number of hydrogen-bond donors (Lipinski definition) is 0. The highest BCUT2D eigenvalue weighted by molar-refractivity contribution is 5.90. The summed E-state index contributed by atoms with van der Waals surface area (Å²) >= 11 is 0. The van der Waals surface area contributed by atoms with E-state index in [1.165, 1.54) is 12.1 Å². The lowest BCUT2D eigenvalue weighted by Gasteiger charge is -2.28. The van der Waals surface area contributed by atoms with Crippen LogP contribution >= 0.6 is 0 Å². The SMILES string of the molecule is COCCC(C)N1CCC(C)(c2ccc([N+](=O)[O-])cc2)C1=O. The third-order valence-corrected chi connectivity index (χ3v) is 4.57. The van der Waals surface area contributed by atoms with E-state index < -0.39 is 10.3 Å². The molecule has 0 aliphatic carbocycles. The molecule has 1 aliphatic heterocycles. The van der Waals surface area contributed by atoms with Gasteiger partial charge >= 0.3 is 0 Å². The summed E-state index contributed by atoms with van der Waals surface area (Å²) in [6.45, 7) is 5.27. The summed E-state index contributed by atoms with van der Waals surface area (Å²) in [6.07, 6.45) is 1.53. The minimum atomic E-state index is -0.601. The van der Waals surface area contributed by atoms with E-state index in [2.05, 4.69) is 0 Å². The number of nitrogens with zero attached hydrogens (tertiary/aromatic N) is 2. The van der Waals surface area contributed by atoms with Crippen LogP contribution in [0.1, 0.15) is 32.3 Å². The minimum absolute atomic E-state index is 0.0446. The molecule has 0 N–H and O–H groups in total. The van der Waals surface area contributed by atoms with Gasteiger partial charge in [0.25, 0.3) is 5.69 Å². The van der Waals surface area contributed by atoms with Gasteiger partial charge in [-0.3, -0.25) is 14.9 Å². The lowest BCUT2D eigenvalue weighted by molar-refractivity contribution is -0.384. The fourth-order valence-corrected chi connectivity index (χ4v) is 2.95. The van der Waals surface area contributed by atoms with Crippen LogP contribution in [0.4, 0.5) is 5.69 Å². The number of ether oxygens (including phenoxy) is 1. The Bertz CT molecular complexity index is 558. The second-order valence-electron chi connectivity index (χ2n) is 6.02. The normalized spacial score (nSPS) is 22.9. The lowest BCUT2D eigenvalue weighted by Crippen LogP contribution is -2.40. The van der Waals surface area contributed by atoms with Crippen LogP contribution in [-0.2, 0) is 14.9 Å². The van der Waals surface area contributed by atoms with Gasteiger partial charge in [0.1, 0.15) is 0 Å². The molecule has 1 aliphatic rings. The number of methoxy groups -OCH3 is 1. The van der Waals surface area contributed by atoms with Crippen molar-refractivity contribution in [3.63, 3.8) is 0 Å². The Morgan fingerprint density at radius 1 is 1.41 bits per heavy atom. The molecule has 1 amide bonds. The maximum atomic E-state index is 12.8. The van der Waals surface area contributed by atoms with Crippen molar-refractivity contribution in [3.05, 3.63) is 39.9 Å². The Hall–Kier alpha value is -1.95. The standard InChI is InChI=1S/C16H22N2O4/c1-12(8-11-22-3)17-10-9-16(2,15(17)19)13-4-6-14(7-5-13)18(20)21/h4-7,12H,8-11H2,1-3H3. The van der Waals surface area contributed by atoms with Gasteiger partial charge in [0.15, 0.2) is 0 Å². The number of carbonyl (C=O) groups is 1. The first kappa shape index (κ1) is 16.4.